The predicted molar refractivity (Wildman–Crippen MR) is 214 cm³/mol. The molecule has 51 heavy (non-hydrogen) atoms. The molecule has 2 heteroatoms. The minimum atomic E-state index is -0.102. The van der Waals surface area contributed by atoms with Crippen LogP contribution < -0.4 is 4.90 Å². The van der Waals surface area contributed by atoms with E-state index in [0.717, 1.165) is 44.4 Å². The molecule has 1 aliphatic rings. The predicted octanol–water partition coefficient (Wildman–Crippen LogP) is 13.8. The van der Waals surface area contributed by atoms with Crippen LogP contribution in [0.1, 0.15) is 25.0 Å². The van der Waals surface area contributed by atoms with Gasteiger partial charge in [0.15, 0.2) is 0 Å². The van der Waals surface area contributed by atoms with Gasteiger partial charge in [0.25, 0.3) is 0 Å². The molecule has 242 valence electrons. The van der Waals surface area contributed by atoms with Crippen LogP contribution in [0.15, 0.2) is 180 Å². The lowest BCUT2D eigenvalue weighted by atomic mass is 9.82. The molecule has 0 unspecified atom stereocenters. The number of hydrogen-bond donors (Lipinski definition) is 0. The average Bonchev–Trinajstić information content (AvgIpc) is 3.67. The van der Waals surface area contributed by atoms with Gasteiger partial charge in [-0.2, -0.15) is 0 Å². The molecule has 10 rings (SSSR count). The van der Waals surface area contributed by atoms with Crippen LogP contribution in [0, 0.1) is 0 Å². The van der Waals surface area contributed by atoms with Crippen molar-refractivity contribution in [1.29, 1.82) is 0 Å². The van der Waals surface area contributed by atoms with Crippen LogP contribution in [-0.2, 0) is 5.41 Å². The summed E-state index contributed by atoms with van der Waals surface area (Å²) in [5.74, 6) is 0. The molecular weight excluding hydrogens is 619 g/mol. The van der Waals surface area contributed by atoms with Crippen LogP contribution >= 0.6 is 0 Å². The van der Waals surface area contributed by atoms with Crippen molar-refractivity contribution in [3.8, 4) is 33.4 Å². The Labute approximate surface area is 297 Å². The average molecular weight is 654 g/mol. The van der Waals surface area contributed by atoms with Crippen molar-refractivity contribution in [2.24, 2.45) is 0 Å². The molecule has 0 N–H and O–H groups in total. The van der Waals surface area contributed by atoms with Gasteiger partial charge in [0.1, 0.15) is 11.2 Å². The number of fused-ring (bicyclic) bond motifs is 8. The monoisotopic (exact) mass is 653 g/mol. The third-order valence-corrected chi connectivity index (χ3v) is 10.9. The highest BCUT2D eigenvalue weighted by Gasteiger charge is 2.35. The van der Waals surface area contributed by atoms with Gasteiger partial charge < -0.3 is 9.32 Å². The van der Waals surface area contributed by atoms with Crippen LogP contribution in [0.3, 0.4) is 0 Å². The van der Waals surface area contributed by atoms with Gasteiger partial charge >= 0.3 is 0 Å². The number of nitrogens with zero attached hydrogens (tertiary/aromatic N) is 1. The summed E-state index contributed by atoms with van der Waals surface area (Å²) in [5.41, 5.74) is 15.3. The summed E-state index contributed by atoms with van der Waals surface area (Å²) >= 11 is 0. The molecule has 0 saturated heterocycles. The van der Waals surface area contributed by atoms with E-state index in [2.05, 4.69) is 195 Å². The Morgan fingerprint density at radius 2 is 1.00 bits per heavy atom. The normalized spacial score (nSPS) is 13.1. The van der Waals surface area contributed by atoms with Crippen LogP contribution in [0.5, 0.6) is 0 Å². The molecule has 8 aromatic carbocycles. The van der Waals surface area contributed by atoms with E-state index in [1.807, 2.05) is 0 Å². The Morgan fingerprint density at radius 3 is 1.78 bits per heavy atom. The Hall–Kier alpha value is -6.38. The first-order valence-electron chi connectivity index (χ1n) is 17.7. The first kappa shape index (κ1) is 29.5. The molecule has 0 amide bonds. The maximum Gasteiger partial charge on any atom is 0.143 e. The lowest BCUT2D eigenvalue weighted by molar-refractivity contribution is 0.660. The molecule has 1 aliphatic carbocycles. The Bertz CT molecular complexity index is 2750. The number of furan rings is 1. The fraction of sp³-hybridized carbons (Fsp3) is 0.0612. The van der Waals surface area contributed by atoms with Crippen molar-refractivity contribution < 1.29 is 4.42 Å². The highest BCUT2D eigenvalue weighted by molar-refractivity contribution is 6.15. The second kappa shape index (κ2) is 11.3. The lowest BCUT2D eigenvalue weighted by Crippen LogP contribution is -2.16. The minimum absolute atomic E-state index is 0.102. The zero-order valence-corrected chi connectivity index (χ0v) is 28.6. The highest BCUT2D eigenvalue weighted by Crippen LogP contribution is 2.51. The van der Waals surface area contributed by atoms with Gasteiger partial charge in [-0.1, -0.05) is 141 Å². The molecular formula is C49H35NO. The summed E-state index contributed by atoms with van der Waals surface area (Å²) in [6.07, 6.45) is 0. The Balaban J connectivity index is 1.10. The first-order chi connectivity index (χ1) is 25.0. The fourth-order valence-corrected chi connectivity index (χ4v) is 8.20. The Kier molecular flexibility index (Phi) is 6.56. The molecule has 0 bridgehead atoms. The summed E-state index contributed by atoms with van der Waals surface area (Å²) < 4.78 is 6.52. The van der Waals surface area contributed by atoms with Crippen LogP contribution in [0.2, 0.25) is 0 Å². The van der Waals surface area contributed by atoms with Gasteiger partial charge in [0.05, 0.1) is 0 Å². The van der Waals surface area contributed by atoms with E-state index in [4.69, 9.17) is 4.42 Å². The van der Waals surface area contributed by atoms with E-state index in [9.17, 15) is 0 Å². The molecule has 2 nitrogen and oxygen atoms in total. The van der Waals surface area contributed by atoms with Gasteiger partial charge in [0.2, 0.25) is 0 Å². The van der Waals surface area contributed by atoms with Crippen molar-refractivity contribution in [2.45, 2.75) is 19.3 Å². The van der Waals surface area contributed by atoms with Gasteiger partial charge in [-0.15, -0.1) is 0 Å². The molecule has 9 aromatic rings. The van der Waals surface area contributed by atoms with Gasteiger partial charge in [-0.25, -0.2) is 0 Å². The third kappa shape index (κ3) is 4.71. The van der Waals surface area contributed by atoms with Crippen molar-refractivity contribution in [3.05, 3.63) is 187 Å². The first-order valence-corrected chi connectivity index (χ1v) is 17.7. The summed E-state index contributed by atoms with van der Waals surface area (Å²) in [6.45, 7) is 4.69. The SMILES string of the molecule is CC1(C)c2ccccc2-c2ccc(N(c3ccc(-c4ccc(-c5ccccc5)cc4)cc3)c3ccc4oc5c6ccccc6ccc5c4c3)cc21. The molecule has 0 saturated carbocycles. The minimum Gasteiger partial charge on any atom is -0.455 e. The molecule has 0 radical (unpaired) electrons. The van der Waals surface area contributed by atoms with Gasteiger partial charge in [0, 0.05) is 38.6 Å². The van der Waals surface area contributed by atoms with E-state index in [1.54, 1.807) is 0 Å². The van der Waals surface area contributed by atoms with E-state index < -0.39 is 0 Å². The summed E-state index contributed by atoms with van der Waals surface area (Å²) in [4.78, 5) is 2.39. The number of benzene rings is 8. The third-order valence-electron chi connectivity index (χ3n) is 10.9. The van der Waals surface area contributed by atoms with Crippen LogP contribution in [0.4, 0.5) is 17.1 Å². The fourth-order valence-electron chi connectivity index (χ4n) is 8.20. The zero-order chi connectivity index (χ0) is 34.1. The van der Waals surface area contributed by atoms with Crippen LogP contribution in [0.25, 0.3) is 66.1 Å². The molecule has 1 heterocycles. The highest BCUT2D eigenvalue weighted by atomic mass is 16.3. The second-order valence-electron chi connectivity index (χ2n) is 14.2. The van der Waals surface area contributed by atoms with Crippen molar-refractivity contribution in [1.82, 2.24) is 0 Å². The number of anilines is 3. The van der Waals surface area contributed by atoms with Gasteiger partial charge in [-0.05, 0) is 98.4 Å². The summed E-state index contributed by atoms with van der Waals surface area (Å²) in [5, 5.41) is 4.56. The van der Waals surface area contributed by atoms with Crippen molar-refractivity contribution >= 4 is 49.8 Å². The number of hydrogen-bond acceptors (Lipinski definition) is 2. The van der Waals surface area contributed by atoms with Crippen molar-refractivity contribution in [2.75, 3.05) is 4.90 Å². The lowest BCUT2D eigenvalue weighted by Gasteiger charge is -2.28. The van der Waals surface area contributed by atoms with E-state index in [1.165, 1.54) is 49.9 Å². The topological polar surface area (TPSA) is 16.4 Å². The maximum atomic E-state index is 6.52. The quantitative estimate of drug-likeness (QED) is 0.184. The largest absolute Gasteiger partial charge is 0.455 e. The van der Waals surface area contributed by atoms with E-state index in [-0.39, 0.29) is 5.41 Å². The van der Waals surface area contributed by atoms with E-state index >= 15 is 0 Å². The van der Waals surface area contributed by atoms with Gasteiger partial charge in [-0.3, -0.25) is 0 Å². The zero-order valence-electron chi connectivity index (χ0n) is 28.6. The van der Waals surface area contributed by atoms with E-state index in [0.29, 0.717) is 0 Å². The second-order valence-corrected chi connectivity index (χ2v) is 14.2. The van der Waals surface area contributed by atoms with Crippen molar-refractivity contribution in [3.63, 3.8) is 0 Å². The smallest absolute Gasteiger partial charge is 0.143 e. The maximum absolute atomic E-state index is 6.52. The molecule has 0 atom stereocenters. The summed E-state index contributed by atoms with van der Waals surface area (Å²) in [6, 6.07) is 63.7. The molecule has 0 spiro atoms. The Morgan fingerprint density at radius 1 is 0.412 bits per heavy atom. The number of rotatable bonds is 5. The molecule has 1 aromatic heterocycles. The molecule has 0 aliphatic heterocycles. The molecule has 0 fully saturated rings. The van der Waals surface area contributed by atoms with Crippen LogP contribution in [-0.4, -0.2) is 0 Å². The standard InChI is InChI=1S/C49H35NO/c1-49(2)45-15-9-8-14-41(45)42-28-25-39(31-46(42)49)50(37-23-20-35(21-24-37)34-18-16-33(17-19-34)32-10-4-3-5-11-32)38-26-29-47-44(30-38)43-27-22-36-12-6-7-13-40(36)48(43)51-47/h3-31H,1-2H3. The summed E-state index contributed by atoms with van der Waals surface area (Å²) in [7, 11) is 0.